The van der Waals surface area contributed by atoms with Crippen LogP contribution in [0.3, 0.4) is 0 Å². The molecule has 3 aromatic rings. The maximum absolute atomic E-state index is 13.3. The first-order chi connectivity index (χ1) is 15.9. The summed E-state index contributed by atoms with van der Waals surface area (Å²) in [6.45, 7) is 3.88. The lowest BCUT2D eigenvalue weighted by molar-refractivity contribution is -0.130. The number of ketones is 1. The zero-order chi connectivity index (χ0) is 23.6. The van der Waals surface area contributed by atoms with Gasteiger partial charge in [0.05, 0.1) is 19.0 Å². The molecule has 4 rings (SSSR count). The van der Waals surface area contributed by atoms with Crippen LogP contribution in [0.1, 0.15) is 48.2 Å². The molecule has 0 aliphatic carbocycles. The second kappa shape index (κ2) is 8.91. The summed E-state index contributed by atoms with van der Waals surface area (Å²) in [5.41, 5.74) is 1.90. The average Bonchev–Trinajstić information content (AvgIpc) is 3.29. The SMILES string of the molecule is CCCc1ccc(C2(C)NC(=O)N(CC(=O)c3cn(CCC#N)c4ccccc34)C2=O)cc1. The molecule has 0 spiro atoms. The third-order valence-electron chi connectivity index (χ3n) is 6.20. The lowest BCUT2D eigenvalue weighted by Crippen LogP contribution is -2.41. The maximum Gasteiger partial charge on any atom is 0.325 e. The van der Waals surface area contributed by atoms with Gasteiger partial charge < -0.3 is 9.88 Å². The number of amides is 3. The topological polar surface area (TPSA) is 95.2 Å². The fraction of sp³-hybridized carbons (Fsp3) is 0.308. The minimum Gasteiger partial charge on any atom is -0.346 e. The summed E-state index contributed by atoms with van der Waals surface area (Å²) in [5.74, 6) is -0.773. The quantitative estimate of drug-likeness (QED) is 0.419. The zero-order valence-electron chi connectivity index (χ0n) is 18.8. The number of benzene rings is 2. The van der Waals surface area contributed by atoms with Crippen LogP contribution in [0.15, 0.2) is 54.7 Å². The van der Waals surface area contributed by atoms with E-state index in [0.717, 1.165) is 28.6 Å². The first kappa shape index (κ1) is 22.3. The van der Waals surface area contributed by atoms with Crippen molar-refractivity contribution in [3.63, 3.8) is 0 Å². The van der Waals surface area contributed by atoms with Crippen molar-refractivity contribution in [2.45, 2.75) is 45.2 Å². The Morgan fingerprint density at radius 3 is 2.55 bits per heavy atom. The third kappa shape index (κ3) is 4.00. The number of fused-ring (bicyclic) bond motifs is 1. The van der Waals surface area contributed by atoms with Gasteiger partial charge in [-0.2, -0.15) is 5.26 Å². The largest absolute Gasteiger partial charge is 0.346 e. The maximum atomic E-state index is 13.3. The van der Waals surface area contributed by atoms with Crippen molar-refractivity contribution in [2.75, 3.05) is 6.54 Å². The van der Waals surface area contributed by atoms with Crippen LogP contribution in [0.25, 0.3) is 10.9 Å². The number of nitriles is 1. The molecule has 1 saturated heterocycles. The molecule has 1 N–H and O–H groups in total. The van der Waals surface area contributed by atoms with E-state index in [1.54, 1.807) is 13.1 Å². The van der Waals surface area contributed by atoms with E-state index in [2.05, 4.69) is 18.3 Å². The molecule has 2 aromatic carbocycles. The van der Waals surface area contributed by atoms with Crippen molar-refractivity contribution in [3.8, 4) is 6.07 Å². The van der Waals surface area contributed by atoms with Crippen molar-refractivity contribution in [1.29, 1.82) is 5.26 Å². The second-order valence-corrected chi connectivity index (χ2v) is 8.48. The molecule has 1 aromatic heterocycles. The molecule has 7 nitrogen and oxygen atoms in total. The number of nitrogens with one attached hydrogen (secondary N) is 1. The molecule has 1 fully saturated rings. The number of para-hydroxylation sites is 1. The molecule has 1 aliphatic heterocycles. The van der Waals surface area contributed by atoms with Crippen LogP contribution in [0.2, 0.25) is 0 Å². The summed E-state index contributed by atoms with van der Waals surface area (Å²) in [6.07, 6.45) is 3.98. The van der Waals surface area contributed by atoms with Gasteiger partial charge in [0.15, 0.2) is 5.78 Å². The van der Waals surface area contributed by atoms with Gasteiger partial charge in [-0.05, 0) is 30.5 Å². The number of rotatable bonds is 8. The summed E-state index contributed by atoms with van der Waals surface area (Å²) in [5, 5.41) is 12.4. The highest BCUT2D eigenvalue weighted by molar-refractivity contribution is 6.14. The molecule has 0 saturated carbocycles. The molecule has 33 heavy (non-hydrogen) atoms. The molecule has 0 radical (unpaired) electrons. The van der Waals surface area contributed by atoms with E-state index in [9.17, 15) is 14.4 Å². The number of aryl methyl sites for hydroxylation is 2. The van der Waals surface area contributed by atoms with Gasteiger partial charge in [-0.3, -0.25) is 14.5 Å². The van der Waals surface area contributed by atoms with Crippen LogP contribution >= 0.6 is 0 Å². The normalized spacial score (nSPS) is 17.9. The number of nitrogens with zero attached hydrogens (tertiary/aromatic N) is 3. The Balaban J connectivity index is 1.58. The minimum atomic E-state index is -1.22. The zero-order valence-corrected chi connectivity index (χ0v) is 18.8. The molecule has 2 heterocycles. The molecule has 1 atom stereocenters. The van der Waals surface area contributed by atoms with Crippen LogP contribution in [0, 0.1) is 11.3 Å². The Kier molecular flexibility index (Phi) is 6.01. The number of hydrogen-bond donors (Lipinski definition) is 1. The molecular formula is C26H26N4O3. The van der Waals surface area contributed by atoms with Crippen LogP contribution < -0.4 is 5.32 Å². The number of imide groups is 1. The Hall–Kier alpha value is -3.92. The molecule has 1 aliphatic rings. The highest BCUT2D eigenvalue weighted by Crippen LogP contribution is 2.30. The monoisotopic (exact) mass is 442 g/mol. The predicted molar refractivity (Wildman–Crippen MR) is 125 cm³/mol. The van der Waals surface area contributed by atoms with E-state index in [1.165, 1.54) is 5.56 Å². The highest BCUT2D eigenvalue weighted by atomic mass is 16.2. The number of Topliss-reactive ketones (excluding diaryl/α,β-unsaturated/α-hetero) is 1. The number of aromatic nitrogens is 1. The van der Waals surface area contributed by atoms with E-state index < -0.39 is 17.5 Å². The first-order valence-corrected chi connectivity index (χ1v) is 11.1. The van der Waals surface area contributed by atoms with Gasteiger partial charge in [0.2, 0.25) is 0 Å². The number of urea groups is 1. The van der Waals surface area contributed by atoms with E-state index in [1.807, 2.05) is 53.1 Å². The van der Waals surface area contributed by atoms with Crippen molar-refractivity contribution >= 4 is 28.6 Å². The van der Waals surface area contributed by atoms with Gasteiger partial charge in [0, 0.05) is 29.2 Å². The van der Waals surface area contributed by atoms with Crippen LogP contribution in [0.5, 0.6) is 0 Å². The van der Waals surface area contributed by atoms with Crippen LogP contribution in [-0.4, -0.2) is 33.7 Å². The summed E-state index contributed by atoms with van der Waals surface area (Å²) in [4.78, 5) is 40.2. The molecule has 0 bridgehead atoms. The number of carbonyl (C=O) groups is 3. The second-order valence-electron chi connectivity index (χ2n) is 8.48. The van der Waals surface area contributed by atoms with E-state index in [0.29, 0.717) is 24.1 Å². The van der Waals surface area contributed by atoms with Gasteiger partial charge in [-0.15, -0.1) is 0 Å². The summed E-state index contributed by atoms with van der Waals surface area (Å²) in [6, 6.07) is 16.6. The molecule has 7 heteroatoms. The van der Waals surface area contributed by atoms with Crippen molar-refractivity contribution in [3.05, 3.63) is 71.4 Å². The van der Waals surface area contributed by atoms with Gasteiger partial charge in [-0.25, -0.2) is 4.79 Å². The smallest absolute Gasteiger partial charge is 0.325 e. The first-order valence-electron chi connectivity index (χ1n) is 11.1. The number of hydrogen-bond acceptors (Lipinski definition) is 4. The Bertz CT molecular complexity index is 1270. The lowest BCUT2D eigenvalue weighted by atomic mass is 9.91. The molecule has 1 unspecified atom stereocenters. The van der Waals surface area contributed by atoms with Gasteiger partial charge in [0.1, 0.15) is 5.54 Å². The predicted octanol–water partition coefficient (Wildman–Crippen LogP) is 4.16. The van der Waals surface area contributed by atoms with Gasteiger partial charge in [-0.1, -0.05) is 55.8 Å². The van der Waals surface area contributed by atoms with Gasteiger partial charge >= 0.3 is 6.03 Å². The van der Waals surface area contributed by atoms with Crippen molar-refractivity contribution in [2.24, 2.45) is 0 Å². The van der Waals surface area contributed by atoms with E-state index in [-0.39, 0.29) is 12.3 Å². The van der Waals surface area contributed by atoms with Crippen molar-refractivity contribution in [1.82, 2.24) is 14.8 Å². The number of carbonyl (C=O) groups excluding carboxylic acids is 3. The lowest BCUT2D eigenvalue weighted by Gasteiger charge is -2.22. The third-order valence-corrected chi connectivity index (χ3v) is 6.20. The van der Waals surface area contributed by atoms with Crippen molar-refractivity contribution < 1.29 is 14.4 Å². The summed E-state index contributed by atoms with van der Waals surface area (Å²) >= 11 is 0. The van der Waals surface area contributed by atoms with E-state index in [4.69, 9.17) is 5.26 Å². The fourth-order valence-electron chi connectivity index (χ4n) is 4.38. The minimum absolute atomic E-state index is 0.314. The molecule has 3 amide bonds. The standard InChI is InChI=1S/C26H26N4O3/c1-3-7-18-10-12-19(13-11-18)26(2)24(32)30(25(33)28-26)17-23(31)21-16-29(15-6-14-27)22-9-5-4-8-20(21)22/h4-5,8-13,16H,3,6-7,15,17H2,1-2H3,(H,28,33). The average molecular weight is 443 g/mol. The Morgan fingerprint density at radius 2 is 1.85 bits per heavy atom. The Morgan fingerprint density at radius 1 is 1.12 bits per heavy atom. The van der Waals surface area contributed by atoms with Crippen LogP contribution in [0.4, 0.5) is 4.79 Å². The fourth-order valence-corrected chi connectivity index (χ4v) is 4.38. The molecule has 168 valence electrons. The summed E-state index contributed by atoms with van der Waals surface area (Å²) < 4.78 is 1.86. The molecular weight excluding hydrogens is 416 g/mol. The Labute approximate surface area is 192 Å². The van der Waals surface area contributed by atoms with Crippen LogP contribution in [-0.2, 0) is 23.3 Å². The van der Waals surface area contributed by atoms with Gasteiger partial charge in [0.25, 0.3) is 5.91 Å². The highest BCUT2D eigenvalue weighted by Gasteiger charge is 2.49. The van der Waals surface area contributed by atoms with E-state index >= 15 is 0 Å². The summed E-state index contributed by atoms with van der Waals surface area (Å²) in [7, 11) is 0.